The van der Waals surface area contributed by atoms with Gasteiger partial charge < -0.3 is 14.8 Å². The largest absolute Gasteiger partial charge is 0.411 e. The van der Waals surface area contributed by atoms with Crippen LogP contribution in [-0.4, -0.2) is 45.7 Å². The second-order valence-corrected chi connectivity index (χ2v) is 3.94. The zero-order valence-electron chi connectivity index (χ0n) is 9.18. The summed E-state index contributed by atoms with van der Waals surface area (Å²) in [4.78, 5) is 0. The molecule has 0 aromatic heterocycles. The lowest BCUT2D eigenvalue weighted by molar-refractivity contribution is -0.173. The maximum Gasteiger partial charge on any atom is 0.411 e. The van der Waals surface area contributed by atoms with Gasteiger partial charge in [-0.25, -0.2) is 0 Å². The molecule has 96 valence electrons. The summed E-state index contributed by atoms with van der Waals surface area (Å²) < 4.78 is 44.7. The number of ether oxygens (including phenoxy) is 2. The van der Waals surface area contributed by atoms with Gasteiger partial charge in [0.25, 0.3) is 0 Å². The van der Waals surface area contributed by atoms with Gasteiger partial charge in [-0.3, -0.25) is 0 Å². The Kier molecular flexibility index (Phi) is 6.08. The summed E-state index contributed by atoms with van der Waals surface area (Å²) in [5, 5.41) is 2.95. The lowest BCUT2D eigenvalue weighted by Crippen LogP contribution is -2.26. The molecular weight excluding hydrogens is 223 g/mol. The Morgan fingerprint density at radius 1 is 1.06 bits per heavy atom. The van der Waals surface area contributed by atoms with E-state index in [4.69, 9.17) is 4.74 Å². The van der Waals surface area contributed by atoms with Crippen molar-refractivity contribution in [2.75, 3.05) is 39.5 Å². The van der Waals surface area contributed by atoms with Gasteiger partial charge in [0.2, 0.25) is 0 Å². The number of hydrogen-bond acceptors (Lipinski definition) is 3. The lowest BCUT2D eigenvalue weighted by Gasteiger charge is -2.08. The second-order valence-electron chi connectivity index (χ2n) is 3.94. The zero-order valence-corrected chi connectivity index (χ0v) is 9.18. The van der Waals surface area contributed by atoms with Gasteiger partial charge in [-0.1, -0.05) is 0 Å². The van der Waals surface area contributed by atoms with E-state index in [0.717, 1.165) is 12.5 Å². The predicted octanol–water partition coefficient (Wildman–Crippen LogP) is 1.58. The zero-order chi connectivity index (χ0) is 11.9. The maximum absolute atomic E-state index is 11.6. The fraction of sp³-hybridized carbons (Fsp3) is 1.00. The summed E-state index contributed by atoms with van der Waals surface area (Å²) in [7, 11) is 0. The van der Waals surface area contributed by atoms with E-state index in [0.29, 0.717) is 19.7 Å². The summed E-state index contributed by atoms with van der Waals surface area (Å²) in [6.45, 7) is 1.39. The molecule has 1 rings (SSSR count). The third-order valence-corrected chi connectivity index (χ3v) is 2.16. The van der Waals surface area contributed by atoms with Crippen LogP contribution in [0, 0.1) is 5.92 Å². The molecule has 1 aliphatic rings. The first-order valence-electron chi connectivity index (χ1n) is 5.51. The maximum atomic E-state index is 11.6. The smallest absolute Gasteiger partial charge is 0.380 e. The molecular formula is C10H18F3NO2. The molecule has 1 N–H and O–H groups in total. The molecule has 0 amide bonds. The Bertz CT molecular complexity index is 183. The SMILES string of the molecule is FC(F)(F)COCCNCCOCC1CC1. The van der Waals surface area contributed by atoms with E-state index >= 15 is 0 Å². The topological polar surface area (TPSA) is 30.5 Å². The van der Waals surface area contributed by atoms with E-state index < -0.39 is 12.8 Å². The highest BCUT2D eigenvalue weighted by Crippen LogP contribution is 2.28. The average molecular weight is 241 g/mol. The monoisotopic (exact) mass is 241 g/mol. The molecule has 0 saturated heterocycles. The van der Waals surface area contributed by atoms with Gasteiger partial charge in [0, 0.05) is 19.7 Å². The molecule has 1 fully saturated rings. The van der Waals surface area contributed by atoms with Crippen LogP contribution in [0.15, 0.2) is 0 Å². The van der Waals surface area contributed by atoms with E-state index in [1.54, 1.807) is 0 Å². The minimum Gasteiger partial charge on any atom is -0.380 e. The van der Waals surface area contributed by atoms with Gasteiger partial charge in [-0.05, 0) is 18.8 Å². The summed E-state index contributed by atoms with van der Waals surface area (Å²) >= 11 is 0. The Morgan fingerprint density at radius 3 is 2.25 bits per heavy atom. The minimum absolute atomic E-state index is 0.0716. The second kappa shape index (κ2) is 7.09. The van der Waals surface area contributed by atoms with Gasteiger partial charge in [-0.15, -0.1) is 0 Å². The first-order chi connectivity index (χ1) is 7.58. The van der Waals surface area contributed by atoms with Gasteiger partial charge in [-0.2, -0.15) is 13.2 Å². The first kappa shape index (κ1) is 13.7. The van der Waals surface area contributed by atoms with E-state index in [1.807, 2.05) is 0 Å². The third kappa shape index (κ3) is 8.94. The summed E-state index contributed by atoms with van der Waals surface area (Å²) in [5.41, 5.74) is 0. The molecule has 0 aliphatic heterocycles. The third-order valence-electron chi connectivity index (χ3n) is 2.16. The lowest BCUT2D eigenvalue weighted by atomic mass is 10.5. The standard InChI is InChI=1S/C10H18F3NO2/c11-10(12,13)8-16-6-4-14-3-5-15-7-9-1-2-9/h9,14H,1-8H2. The highest BCUT2D eigenvalue weighted by Gasteiger charge is 2.27. The summed E-state index contributed by atoms with van der Waals surface area (Å²) in [6.07, 6.45) is -1.70. The van der Waals surface area contributed by atoms with Crippen LogP contribution in [0.1, 0.15) is 12.8 Å². The molecule has 0 atom stereocenters. The van der Waals surface area contributed by atoms with Crippen molar-refractivity contribution in [3.8, 4) is 0 Å². The van der Waals surface area contributed by atoms with E-state index in [-0.39, 0.29) is 6.61 Å². The number of rotatable bonds is 9. The van der Waals surface area contributed by atoms with Crippen LogP contribution < -0.4 is 5.32 Å². The average Bonchev–Trinajstić information content (AvgIpc) is 2.97. The van der Waals surface area contributed by atoms with Crippen LogP contribution in [0.5, 0.6) is 0 Å². The number of halogens is 3. The minimum atomic E-state index is -4.23. The van der Waals surface area contributed by atoms with Gasteiger partial charge >= 0.3 is 6.18 Å². The molecule has 0 aromatic rings. The van der Waals surface area contributed by atoms with Crippen LogP contribution in [0.25, 0.3) is 0 Å². The van der Waals surface area contributed by atoms with Crippen molar-refractivity contribution in [3.63, 3.8) is 0 Å². The van der Waals surface area contributed by atoms with Crippen LogP contribution in [0.3, 0.4) is 0 Å². The van der Waals surface area contributed by atoms with Gasteiger partial charge in [0.05, 0.1) is 13.2 Å². The van der Waals surface area contributed by atoms with Crippen molar-refractivity contribution in [1.29, 1.82) is 0 Å². The van der Waals surface area contributed by atoms with E-state index in [1.165, 1.54) is 12.8 Å². The molecule has 0 bridgehead atoms. The van der Waals surface area contributed by atoms with Crippen LogP contribution >= 0.6 is 0 Å². The molecule has 6 heteroatoms. The molecule has 1 aliphatic carbocycles. The van der Waals surface area contributed by atoms with Crippen molar-refractivity contribution < 1.29 is 22.6 Å². The molecule has 3 nitrogen and oxygen atoms in total. The molecule has 0 heterocycles. The van der Waals surface area contributed by atoms with Crippen LogP contribution in [0.2, 0.25) is 0 Å². The molecule has 0 spiro atoms. The quantitative estimate of drug-likeness (QED) is 0.622. The van der Waals surface area contributed by atoms with E-state index in [9.17, 15) is 13.2 Å². The van der Waals surface area contributed by atoms with Crippen molar-refractivity contribution >= 4 is 0 Å². The van der Waals surface area contributed by atoms with Crippen LogP contribution in [0.4, 0.5) is 13.2 Å². The molecule has 0 radical (unpaired) electrons. The van der Waals surface area contributed by atoms with Crippen LogP contribution in [-0.2, 0) is 9.47 Å². The number of alkyl halides is 3. The summed E-state index contributed by atoms with van der Waals surface area (Å²) in [6, 6.07) is 0. The van der Waals surface area contributed by atoms with Gasteiger partial charge in [0.1, 0.15) is 6.61 Å². The Balaban J connectivity index is 1.70. The van der Waals surface area contributed by atoms with E-state index in [2.05, 4.69) is 10.1 Å². The fourth-order valence-electron chi connectivity index (χ4n) is 1.14. The highest BCUT2D eigenvalue weighted by atomic mass is 19.4. The fourth-order valence-corrected chi connectivity index (χ4v) is 1.14. The van der Waals surface area contributed by atoms with Crippen molar-refractivity contribution in [2.24, 2.45) is 5.92 Å². The summed E-state index contributed by atoms with van der Waals surface area (Å²) in [5.74, 6) is 0.745. The molecule has 0 aromatic carbocycles. The number of hydrogen-bond donors (Lipinski definition) is 1. The number of nitrogens with one attached hydrogen (secondary N) is 1. The van der Waals surface area contributed by atoms with Crippen molar-refractivity contribution in [2.45, 2.75) is 19.0 Å². The first-order valence-corrected chi connectivity index (χ1v) is 5.51. The normalized spacial score (nSPS) is 16.7. The Labute approximate surface area is 93.3 Å². The molecule has 1 saturated carbocycles. The van der Waals surface area contributed by atoms with Crippen molar-refractivity contribution in [1.82, 2.24) is 5.32 Å². The predicted molar refractivity (Wildman–Crippen MR) is 53.3 cm³/mol. The molecule has 0 unspecified atom stereocenters. The van der Waals surface area contributed by atoms with Crippen molar-refractivity contribution in [3.05, 3.63) is 0 Å². The van der Waals surface area contributed by atoms with Gasteiger partial charge in [0.15, 0.2) is 0 Å². The highest BCUT2D eigenvalue weighted by molar-refractivity contribution is 4.71. The molecule has 16 heavy (non-hydrogen) atoms. The Morgan fingerprint density at radius 2 is 1.69 bits per heavy atom. The Hall–Kier alpha value is -0.330.